The summed E-state index contributed by atoms with van der Waals surface area (Å²) in [5, 5.41) is 0.425. The highest BCUT2D eigenvalue weighted by Crippen LogP contribution is 2.29. The average molecular weight is 234 g/mol. The second-order valence-corrected chi connectivity index (χ2v) is 4.71. The van der Waals surface area contributed by atoms with Gasteiger partial charge in [0.05, 0.1) is 10.2 Å². The quantitative estimate of drug-likeness (QED) is 0.741. The number of thiazole rings is 1. The summed E-state index contributed by atoms with van der Waals surface area (Å²) < 4.78 is 14.0. The molecule has 1 nitrogen and oxygen atoms in total. The maximum Gasteiger partial charge on any atom is 0.148 e. The van der Waals surface area contributed by atoms with Crippen molar-refractivity contribution in [2.45, 2.75) is 11.0 Å². The van der Waals surface area contributed by atoms with Crippen LogP contribution in [0, 0.1) is 0 Å². The van der Waals surface area contributed by atoms with Crippen LogP contribution in [0.3, 0.4) is 0 Å². The van der Waals surface area contributed by atoms with Crippen LogP contribution >= 0.6 is 35.6 Å². The van der Waals surface area contributed by atoms with Gasteiger partial charge in [-0.3, -0.25) is 0 Å². The molecule has 2 aromatic rings. The molecule has 0 saturated carbocycles. The Morgan fingerprint density at radius 3 is 3.00 bits per heavy atom. The molecule has 0 saturated heterocycles. The fraction of sp³-hybridized carbons (Fsp3) is 0.125. The molecular formula is C8H5ClFNS2. The number of hydrogen-bond donors (Lipinski definition) is 1. The normalized spacial score (nSPS) is 11.0. The van der Waals surface area contributed by atoms with E-state index in [9.17, 15) is 4.39 Å². The molecule has 0 N–H and O–H groups in total. The van der Waals surface area contributed by atoms with E-state index in [0.717, 1.165) is 10.2 Å². The van der Waals surface area contributed by atoms with Crippen molar-refractivity contribution in [2.75, 3.05) is 0 Å². The lowest BCUT2D eigenvalue weighted by molar-refractivity contribution is 0.486. The molecule has 0 aliphatic carbocycles. The highest BCUT2D eigenvalue weighted by atomic mass is 35.5. The number of nitrogens with zero attached hydrogens (tertiary/aromatic N) is 1. The number of thiol groups is 1. The van der Waals surface area contributed by atoms with Crippen LogP contribution in [0.2, 0.25) is 5.02 Å². The van der Waals surface area contributed by atoms with E-state index in [2.05, 4.69) is 17.6 Å². The second kappa shape index (κ2) is 3.44. The number of benzene rings is 1. The van der Waals surface area contributed by atoms with Crippen molar-refractivity contribution in [1.29, 1.82) is 0 Å². The van der Waals surface area contributed by atoms with Gasteiger partial charge in [0.15, 0.2) is 0 Å². The van der Waals surface area contributed by atoms with E-state index in [1.54, 1.807) is 12.1 Å². The van der Waals surface area contributed by atoms with Crippen molar-refractivity contribution in [2.24, 2.45) is 0 Å². The molecule has 0 fully saturated rings. The highest BCUT2D eigenvalue weighted by molar-refractivity contribution is 7.82. The van der Waals surface area contributed by atoms with Crippen molar-refractivity contribution < 1.29 is 4.39 Å². The molecule has 0 bridgehead atoms. The van der Waals surface area contributed by atoms with Crippen LogP contribution < -0.4 is 0 Å². The molecule has 1 aromatic carbocycles. The molecule has 68 valence electrons. The fourth-order valence-corrected chi connectivity index (χ4v) is 2.44. The van der Waals surface area contributed by atoms with Gasteiger partial charge in [0.25, 0.3) is 0 Å². The number of rotatable bonds is 1. The molecule has 0 radical (unpaired) electrons. The Hall–Kier alpha value is -0.320. The first kappa shape index (κ1) is 9.24. The van der Waals surface area contributed by atoms with Gasteiger partial charge in [0.2, 0.25) is 0 Å². The highest BCUT2D eigenvalue weighted by Gasteiger charge is 2.06. The standard InChI is InChI=1S/C8H5ClFNS2/c9-5-2-6-7(1-4(5)3-10)13-8(12)11-6/h1-2H,3H2,(H,11,12). The van der Waals surface area contributed by atoms with E-state index in [1.807, 2.05) is 0 Å². The fourth-order valence-electron chi connectivity index (χ4n) is 1.08. The smallest absolute Gasteiger partial charge is 0.148 e. The van der Waals surface area contributed by atoms with Crippen molar-refractivity contribution in [1.82, 2.24) is 4.98 Å². The van der Waals surface area contributed by atoms with Gasteiger partial charge in [-0.25, -0.2) is 9.37 Å². The van der Waals surface area contributed by atoms with Gasteiger partial charge in [-0.1, -0.05) is 11.6 Å². The molecule has 0 amide bonds. The Labute approximate surface area is 89.0 Å². The summed E-state index contributed by atoms with van der Waals surface area (Å²) in [6, 6.07) is 3.39. The van der Waals surface area contributed by atoms with Gasteiger partial charge in [0, 0.05) is 10.6 Å². The lowest BCUT2D eigenvalue weighted by Gasteiger charge is -1.97. The Kier molecular flexibility index (Phi) is 2.45. The number of fused-ring (bicyclic) bond motifs is 1. The van der Waals surface area contributed by atoms with Gasteiger partial charge >= 0.3 is 0 Å². The van der Waals surface area contributed by atoms with E-state index in [1.165, 1.54) is 11.3 Å². The molecule has 0 aliphatic rings. The Bertz CT molecular complexity index is 455. The first-order chi connectivity index (χ1) is 6.20. The van der Waals surface area contributed by atoms with E-state index in [0.29, 0.717) is 14.9 Å². The van der Waals surface area contributed by atoms with Crippen LogP contribution in [-0.4, -0.2) is 4.98 Å². The van der Waals surface area contributed by atoms with Crippen molar-refractivity contribution in [3.8, 4) is 0 Å². The molecule has 0 spiro atoms. The molecule has 5 heteroatoms. The molecule has 1 aromatic heterocycles. The second-order valence-electron chi connectivity index (χ2n) is 2.54. The topological polar surface area (TPSA) is 12.9 Å². The molecule has 0 aliphatic heterocycles. The van der Waals surface area contributed by atoms with E-state index in [4.69, 9.17) is 11.6 Å². The zero-order chi connectivity index (χ0) is 9.42. The Morgan fingerprint density at radius 1 is 1.54 bits per heavy atom. The zero-order valence-corrected chi connectivity index (χ0v) is 8.89. The largest absolute Gasteiger partial charge is 0.246 e. The van der Waals surface area contributed by atoms with Crippen molar-refractivity contribution in [3.05, 3.63) is 22.7 Å². The molecular weight excluding hydrogens is 229 g/mol. The van der Waals surface area contributed by atoms with Crippen LogP contribution in [0.15, 0.2) is 16.5 Å². The molecule has 0 atom stereocenters. The number of aromatic nitrogens is 1. The summed E-state index contributed by atoms with van der Waals surface area (Å²) >= 11 is 11.3. The third-order valence-corrected chi connectivity index (χ3v) is 3.24. The summed E-state index contributed by atoms with van der Waals surface area (Å²) in [7, 11) is 0. The van der Waals surface area contributed by atoms with Gasteiger partial charge < -0.3 is 0 Å². The van der Waals surface area contributed by atoms with Crippen LogP contribution in [-0.2, 0) is 6.67 Å². The summed E-state index contributed by atoms with van der Waals surface area (Å²) in [6.07, 6.45) is 0. The Morgan fingerprint density at radius 2 is 2.31 bits per heavy atom. The van der Waals surface area contributed by atoms with E-state index >= 15 is 0 Å². The monoisotopic (exact) mass is 233 g/mol. The first-order valence-electron chi connectivity index (χ1n) is 3.54. The Balaban J connectivity index is 2.72. The lowest BCUT2D eigenvalue weighted by atomic mass is 10.2. The SMILES string of the molecule is FCc1cc2sc(S)nc2cc1Cl. The summed E-state index contributed by atoms with van der Waals surface area (Å²) in [5.41, 5.74) is 1.28. The minimum atomic E-state index is -0.547. The van der Waals surface area contributed by atoms with Gasteiger partial charge in [0.1, 0.15) is 11.0 Å². The average Bonchev–Trinajstić information content (AvgIpc) is 2.42. The minimum Gasteiger partial charge on any atom is -0.246 e. The van der Waals surface area contributed by atoms with Crippen molar-refractivity contribution in [3.63, 3.8) is 0 Å². The minimum absolute atomic E-state index is 0.425. The maximum atomic E-state index is 12.4. The predicted molar refractivity (Wildman–Crippen MR) is 56.7 cm³/mol. The van der Waals surface area contributed by atoms with Crippen LogP contribution in [0.4, 0.5) is 4.39 Å². The van der Waals surface area contributed by atoms with E-state index < -0.39 is 6.67 Å². The summed E-state index contributed by atoms with van der Waals surface area (Å²) in [6.45, 7) is -0.547. The summed E-state index contributed by atoms with van der Waals surface area (Å²) in [5.74, 6) is 0. The van der Waals surface area contributed by atoms with Crippen molar-refractivity contribution >= 4 is 45.8 Å². The number of halogens is 2. The molecule has 0 unspecified atom stereocenters. The van der Waals surface area contributed by atoms with E-state index in [-0.39, 0.29) is 0 Å². The van der Waals surface area contributed by atoms with Crippen LogP contribution in [0.25, 0.3) is 10.2 Å². The van der Waals surface area contributed by atoms with Gasteiger partial charge in [-0.05, 0) is 12.1 Å². The lowest BCUT2D eigenvalue weighted by Crippen LogP contribution is -1.80. The predicted octanol–water partition coefficient (Wildman–Crippen LogP) is 3.71. The number of alkyl halides is 1. The molecule has 1 heterocycles. The van der Waals surface area contributed by atoms with Gasteiger partial charge in [-0.15, -0.1) is 24.0 Å². The number of hydrogen-bond acceptors (Lipinski definition) is 3. The third-order valence-electron chi connectivity index (χ3n) is 1.69. The van der Waals surface area contributed by atoms with Crippen LogP contribution in [0.1, 0.15) is 5.56 Å². The maximum absolute atomic E-state index is 12.4. The van der Waals surface area contributed by atoms with Crippen LogP contribution in [0.5, 0.6) is 0 Å². The third kappa shape index (κ3) is 1.66. The van der Waals surface area contributed by atoms with Gasteiger partial charge in [-0.2, -0.15) is 0 Å². The first-order valence-corrected chi connectivity index (χ1v) is 5.19. The molecule has 13 heavy (non-hydrogen) atoms. The summed E-state index contributed by atoms with van der Waals surface area (Å²) in [4.78, 5) is 4.13. The zero-order valence-electron chi connectivity index (χ0n) is 6.42. The molecule has 2 rings (SSSR count).